The van der Waals surface area contributed by atoms with Crippen LogP contribution >= 0.6 is 22.9 Å². The molecule has 1 aromatic heterocycles. The maximum absolute atomic E-state index is 10.1. The Bertz CT molecular complexity index is 662. The summed E-state index contributed by atoms with van der Waals surface area (Å²) in [7, 11) is 0. The fourth-order valence-corrected chi connectivity index (χ4v) is 3.39. The number of nitrogens with two attached hydrogens (primary N) is 1. The fraction of sp³-hybridized carbons (Fsp3) is 0.353. The summed E-state index contributed by atoms with van der Waals surface area (Å²) in [4.78, 5) is 5.04. The van der Waals surface area contributed by atoms with Crippen LogP contribution in [0.2, 0.25) is 4.34 Å². The molecule has 6 heteroatoms. The lowest BCUT2D eigenvalue weighted by Crippen LogP contribution is -2.25. The summed E-state index contributed by atoms with van der Waals surface area (Å²) in [6.07, 6.45) is 1.14. The van der Waals surface area contributed by atoms with Gasteiger partial charge in [-0.15, -0.1) is 11.3 Å². The zero-order valence-electron chi connectivity index (χ0n) is 13.3. The zero-order chi connectivity index (χ0) is 16.8. The number of anilines is 1. The van der Waals surface area contributed by atoms with Crippen molar-refractivity contribution in [2.45, 2.75) is 32.8 Å². The molecular formula is C17H22ClN3OS. The van der Waals surface area contributed by atoms with Gasteiger partial charge in [-0.3, -0.25) is 4.99 Å². The van der Waals surface area contributed by atoms with Gasteiger partial charge in [0.15, 0.2) is 5.96 Å². The predicted octanol–water partition coefficient (Wildman–Crippen LogP) is 3.99. The van der Waals surface area contributed by atoms with Crippen molar-refractivity contribution in [1.29, 1.82) is 0 Å². The number of nitrogens with zero attached hydrogens (tertiary/aromatic N) is 1. The molecule has 0 spiro atoms. The maximum Gasteiger partial charge on any atom is 0.193 e. The van der Waals surface area contributed by atoms with Crippen molar-refractivity contribution in [2.24, 2.45) is 10.7 Å². The minimum Gasteiger partial charge on any atom is -0.386 e. The van der Waals surface area contributed by atoms with E-state index in [1.54, 1.807) is 12.1 Å². The molecule has 23 heavy (non-hydrogen) atoms. The molecule has 124 valence electrons. The Kier molecular flexibility index (Phi) is 6.45. The molecular weight excluding hydrogens is 330 g/mol. The van der Waals surface area contributed by atoms with E-state index in [2.05, 4.69) is 42.4 Å². The van der Waals surface area contributed by atoms with Crippen molar-refractivity contribution in [3.05, 3.63) is 50.7 Å². The van der Waals surface area contributed by atoms with E-state index >= 15 is 0 Å². The molecule has 1 heterocycles. The molecule has 4 N–H and O–H groups in total. The van der Waals surface area contributed by atoms with Gasteiger partial charge in [0.2, 0.25) is 0 Å². The molecule has 4 nitrogen and oxygen atoms in total. The largest absolute Gasteiger partial charge is 0.386 e. The Balaban J connectivity index is 2.08. The van der Waals surface area contributed by atoms with Crippen LogP contribution in [-0.4, -0.2) is 17.6 Å². The van der Waals surface area contributed by atoms with Crippen LogP contribution in [0.25, 0.3) is 0 Å². The number of aliphatic hydroxyl groups excluding tert-OH is 1. The number of guanidine groups is 1. The number of halogens is 1. The van der Waals surface area contributed by atoms with E-state index < -0.39 is 6.10 Å². The average molecular weight is 352 g/mol. The van der Waals surface area contributed by atoms with E-state index in [1.807, 2.05) is 0 Å². The van der Waals surface area contributed by atoms with Gasteiger partial charge in [-0.25, -0.2) is 0 Å². The summed E-state index contributed by atoms with van der Waals surface area (Å²) < 4.78 is 0.651. The molecule has 0 bridgehead atoms. The van der Waals surface area contributed by atoms with Crippen LogP contribution in [-0.2, 0) is 12.8 Å². The first kappa shape index (κ1) is 17.8. The highest BCUT2D eigenvalue weighted by atomic mass is 35.5. The van der Waals surface area contributed by atoms with Crippen molar-refractivity contribution < 1.29 is 5.11 Å². The molecule has 2 rings (SSSR count). The number of aliphatic imine (C=N–C) groups is 1. The first-order valence-corrected chi connectivity index (χ1v) is 8.85. The second kappa shape index (κ2) is 8.34. The van der Waals surface area contributed by atoms with Gasteiger partial charge in [0.1, 0.15) is 6.10 Å². The first-order valence-electron chi connectivity index (χ1n) is 7.66. The monoisotopic (exact) mass is 351 g/mol. The van der Waals surface area contributed by atoms with Crippen LogP contribution in [0.4, 0.5) is 5.69 Å². The predicted molar refractivity (Wildman–Crippen MR) is 99.6 cm³/mol. The normalized spacial score (nSPS) is 13.1. The topological polar surface area (TPSA) is 70.6 Å². The number of nitrogens with one attached hydrogen (secondary N) is 1. The molecule has 0 aliphatic heterocycles. The van der Waals surface area contributed by atoms with Gasteiger partial charge < -0.3 is 16.2 Å². The minimum atomic E-state index is -0.695. The van der Waals surface area contributed by atoms with Gasteiger partial charge in [-0.1, -0.05) is 43.6 Å². The molecule has 0 amide bonds. The highest BCUT2D eigenvalue weighted by Gasteiger charge is 2.11. The third kappa shape index (κ3) is 4.70. The molecule has 1 atom stereocenters. The lowest BCUT2D eigenvalue weighted by Gasteiger charge is -2.15. The van der Waals surface area contributed by atoms with Crippen molar-refractivity contribution >= 4 is 34.6 Å². The molecule has 0 saturated heterocycles. The molecule has 0 aliphatic carbocycles. The van der Waals surface area contributed by atoms with E-state index in [9.17, 15) is 5.11 Å². The fourth-order valence-electron chi connectivity index (χ4n) is 2.35. The Morgan fingerprint density at radius 1 is 1.26 bits per heavy atom. The molecule has 0 fully saturated rings. The zero-order valence-corrected chi connectivity index (χ0v) is 14.9. The summed E-state index contributed by atoms with van der Waals surface area (Å²) in [5.74, 6) is 0.308. The minimum absolute atomic E-state index is 0.200. The average Bonchev–Trinajstić information content (AvgIpc) is 2.99. The Morgan fingerprint density at radius 3 is 2.43 bits per heavy atom. The third-order valence-corrected chi connectivity index (χ3v) is 4.94. The van der Waals surface area contributed by atoms with Crippen molar-refractivity contribution in [3.8, 4) is 0 Å². The van der Waals surface area contributed by atoms with Gasteiger partial charge in [0, 0.05) is 10.6 Å². The summed E-state index contributed by atoms with van der Waals surface area (Å²) in [5.41, 5.74) is 9.41. The van der Waals surface area contributed by atoms with Crippen molar-refractivity contribution in [1.82, 2.24) is 0 Å². The molecule has 1 aromatic carbocycles. The number of hydrogen-bond acceptors (Lipinski definition) is 3. The number of hydrogen-bond donors (Lipinski definition) is 3. The van der Waals surface area contributed by atoms with Crippen LogP contribution in [0, 0.1) is 0 Å². The third-order valence-electron chi connectivity index (χ3n) is 3.61. The molecule has 1 unspecified atom stereocenters. The molecule has 0 saturated carbocycles. The van der Waals surface area contributed by atoms with Crippen molar-refractivity contribution in [2.75, 3.05) is 11.9 Å². The number of aryl methyl sites for hydroxylation is 2. The summed E-state index contributed by atoms with van der Waals surface area (Å²) in [5, 5.41) is 13.3. The quantitative estimate of drug-likeness (QED) is 0.544. The maximum atomic E-state index is 10.1. The van der Waals surface area contributed by atoms with Crippen LogP contribution in [0.5, 0.6) is 0 Å². The van der Waals surface area contributed by atoms with Crippen LogP contribution in [0.3, 0.4) is 0 Å². The second-order valence-electron chi connectivity index (χ2n) is 5.17. The summed E-state index contributed by atoms with van der Waals surface area (Å²) in [6.45, 7) is 4.42. The Morgan fingerprint density at radius 2 is 1.91 bits per heavy atom. The van der Waals surface area contributed by atoms with Gasteiger partial charge in [-0.2, -0.15) is 0 Å². The summed E-state index contributed by atoms with van der Waals surface area (Å²) in [6, 6.07) is 9.79. The van der Waals surface area contributed by atoms with E-state index in [4.69, 9.17) is 17.3 Å². The van der Waals surface area contributed by atoms with Gasteiger partial charge in [-0.05, 0) is 36.1 Å². The molecule has 0 radical (unpaired) electrons. The van der Waals surface area contributed by atoms with Crippen LogP contribution in [0.1, 0.15) is 36.0 Å². The second-order valence-corrected chi connectivity index (χ2v) is 6.91. The van der Waals surface area contributed by atoms with E-state index in [0.29, 0.717) is 10.3 Å². The number of rotatable bonds is 6. The SMILES string of the molecule is CCc1cccc(CC)c1NC(N)=NCC(O)c1ccc(Cl)s1. The number of aliphatic hydroxyl groups is 1. The van der Waals surface area contributed by atoms with Crippen molar-refractivity contribution in [3.63, 3.8) is 0 Å². The molecule has 2 aromatic rings. The number of benzene rings is 1. The lowest BCUT2D eigenvalue weighted by molar-refractivity contribution is 0.191. The smallest absolute Gasteiger partial charge is 0.193 e. The molecule has 0 aliphatic rings. The van der Waals surface area contributed by atoms with E-state index in [0.717, 1.165) is 23.4 Å². The standard InChI is InChI=1S/C17H22ClN3OS/c1-3-11-6-5-7-12(4-2)16(11)21-17(19)20-10-13(22)14-8-9-15(18)23-14/h5-9,13,22H,3-4,10H2,1-2H3,(H3,19,20,21). The highest BCUT2D eigenvalue weighted by Crippen LogP contribution is 2.27. The highest BCUT2D eigenvalue weighted by molar-refractivity contribution is 7.16. The van der Waals surface area contributed by atoms with E-state index in [1.165, 1.54) is 22.5 Å². The van der Waals surface area contributed by atoms with Gasteiger partial charge >= 0.3 is 0 Å². The number of para-hydroxylation sites is 1. The number of thiophene rings is 1. The van der Waals surface area contributed by atoms with Gasteiger partial charge in [0.25, 0.3) is 0 Å². The van der Waals surface area contributed by atoms with Crippen LogP contribution in [0.15, 0.2) is 35.3 Å². The Hall–Kier alpha value is -1.56. The van der Waals surface area contributed by atoms with Crippen LogP contribution < -0.4 is 11.1 Å². The summed E-state index contributed by atoms with van der Waals surface area (Å²) >= 11 is 7.22. The first-order chi connectivity index (χ1) is 11.0. The lowest BCUT2D eigenvalue weighted by atomic mass is 10.0. The van der Waals surface area contributed by atoms with Gasteiger partial charge in [0.05, 0.1) is 10.9 Å². The Labute approximate surface area is 146 Å². The van der Waals surface area contributed by atoms with E-state index in [-0.39, 0.29) is 6.54 Å².